The molecule has 1 amide bonds. The van der Waals surface area contributed by atoms with Gasteiger partial charge in [-0.15, -0.1) is 0 Å². The summed E-state index contributed by atoms with van der Waals surface area (Å²) >= 11 is 0. The zero-order chi connectivity index (χ0) is 19.1. The molecule has 1 aliphatic heterocycles. The van der Waals surface area contributed by atoms with Gasteiger partial charge in [0.1, 0.15) is 0 Å². The maximum Gasteiger partial charge on any atom is 0.260 e. The van der Waals surface area contributed by atoms with Gasteiger partial charge in [-0.3, -0.25) is 4.79 Å². The molecule has 3 heterocycles. The lowest BCUT2D eigenvalue weighted by atomic mass is 10.1. The fourth-order valence-corrected chi connectivity index (χ4v) is 3.97. The zero-order valence-electron chi connectivity index (χ0n) is 15.6. The molecule has 1 aliphatic rings. The first-order valence-corrected chi connectivity index (χ1v) is 9.47. The van der Waals surface area contributed by atoms with Gasteiger partial charge in [0.15, 0.2) is 5.65 Å². The lowest BCUT2D eigenvalue weighted by Crippen LogP contribution is -2.35. The standard InChI is InChI=1S/C23H20N4O/c1-16-11-18-9-5-6-10-21(18)27(16)23(28)20-12-19-14-25-26(22(19)24-13-20)15-17-7-3-2-4-8-17/h2-10,12-14,16H,11,15H2,1H3/t16-/m1/s1. The van der Waals surface area contributed by atoms with Crippen LogP contribution < -0.4 is 4.90 Å². The summed E-state index contributed by atoms with van der Waals surface area (Å²) in [4.78, 5) is 19.7. The first-order valence-electron chi connectivity index (χ1n) is 9.47. The Balaban J connectivity index is 1.47. The molecule has 1 atom stereocenters. The van der Waals surface area contributed by atoms with E-state index in [1.54, 1.807) is 12.4 Å². The Morgan fingerprint density at radius 2 is 1.86 bits per heavy atom. The van der Waals surface area contributed by atoms with Gasteiger partial charge in [0.05, 0.1) is 18.3 Å². The van der Waals surface area contributed by atoms with Gasteiger partial charge in [-0.2, -0.15) is 5.10 Å². The van der Waals surface area contributed by atoms with Gasteiger partial charge in [0.25, 0.3) is 5.91 Å². The van der Waals surface area contributed by atoms with Crippen molar-refractivity contribution in [3.8, 4) is 0 Å². The van der Waals surface area contributed by atoms with E-state index in [0.717, 1.165) is 28.7 Å². The molecule has 2 aromatic heterocycles. The van der Waals surface area contributed by atoms with E-state index in [1.165, 1.54) is 5.56 Å². The average Bonchev–Trinajstić information content (AvgIpc) is 3.27. The number of amides is 1. The van der Waals surface area contributed by atoms with Crippen molar-refractivity contribution in [2.24, 2.45) is 0 Å². The number of benzene rings is 2. The molecule has 0 unspecified atom stereocenters. The largest absolute Gasteiger partial charge is 0.305 e. The summed E-state index contributed by atoms with van der Waals surface area (Å²) in [6.45, 7) is 2.74. The molecule has 4 aromatic rings. The molecule has 2 aromatic carbocycles. The third kappa shape index (κ3) is 2.76. The monoisotopic (exact) mass is 368 g/mol. The van der Waals surface area contributed by atoms with Crippen LogP contribution in [0.5, 0.6) is 0 Å². The molecule has 5 nitrogen and oxygen atoms in total. The number of carbonyl (C=O) groups excluding carboxylic acids is 1. The summed E-state index contributed by atoms with van der Waals surface area (Å²) in [5.41, 5.74) is 4.76. The van der Waals surface area contributed by atoms with Gasteiger partial charge in [-0.1, -0.05) is 48.5 Å². The molecule has 28 heavy (non-hydrogen) atoms. The van der Waals surface area contributed by atoms with Gasteiger partial charge >= 0.3 is 0 Å². The Morgan fingerprint density at radius 1 is 1.07 bits per heavy atom. The highest BCUT2D eigenvalue weighted by atomic mass is 16.2. The highest BCUT2D eigenvalue weighted by molar-refractivity contribution is 6.08. The summed E-state index contributed by atoms with van der Waals surface area (Å²) in [6, 6.07) is 20.3. The molecule has 138 valence electrons. The third-order valence-corrected chi connectivity index (χ3v) is 5.32. The van der Waals surface area contributed by atoms with Crippen LogP contribution in [-0.4, -0.2) is 26.7 Å². The van der Waals surface area contributed by atoms with E-state index in [4.69, 9.17) is 0 Å². The highest BCUT2D eigenvalue weighted by Gasteiger charge is 2.31. The molecule has 0 N–H and O–H groups in total. The second-order valence-electron chi connectivity index (χ2n) is 7.28. The number of anilines is 1. The number of nitrogens with zero attached hydrogens (tertiary/aromatic N) is 4. The van der Waals surface area contributed by atoms with E-state index in [9.17, 15) is 4.79 Å². The summed E-state index contributed by atoms with van der Waals surface area (Å²) in [5, 5.41) is 5.35. The summed E-state index contributed by atoms with van der Waals surface area (Å²) < 4.78 is 1.87. The van der Waals surface area contributed by atoms with Crippen LogP contribution in [0.2, 0.25) is 0 Å². The van der Waals surface area contributed by atoms with Gasteiger partial charge in [-0.25, -0.2) is 9.67 Å². The van der Waals surface area contributed by atoms with Crippen LogP contribution in [0.15, 0.2) is 73.1 Å². The third-order valence-electron chi connectivity index (χ3n) is 5.32. The molecule has 5 heteroatoms. The van der Waals surface area contributed by atoms with Crippen LogP contribution >= 0.6 is 0 Å². The van der Waals surface area contributed by atoms with E-state index in [-0.39, 0.29) is 11.9 Å². The quantitative estimate of drug-likeness (QED) is 0.548. The van der Waals surface area contributed by atoms with Gasteiger partial charge < -0.3 is 4.90 Å². The van der Waals surface area contributed by atoms with E-state index >= 15 is 0 Å². The molecular weight excluding hydrogens is 348 g/mol. The van der Waals surface area contributed by atoms with Crippen LogP contribution in [0.4, 0.5) is 5.69 Å². The minimum Gasteiger partial charge on any atom is -0.305 e. The van der Waals surface area contributed by atoms with Crippen molar-refractivity contribution in [1.82, 2.24) is 14.8 Å². The number of carbonyl (C=O) groups is 1. The van der Waals surface area contributed by atoms with Crippen molar-refractivity contribution < 1.29 is 4.79 Å². The summed E-state index contributed by atoms with van der Waals surface area (Å²) in [7, 11) is 0. The van der Waals surface area contributed by atoms with Crippen molar-refractivity contribution in [2.45, 2.75) is 25.9 Å². The second kappa shape index (κ2) is 6.60. The summed E-state index contributed by atoms with van der Waals surface area (Å²) in [6.07, 6.45) is 4.33. The van der Waals surface area contributed by atoms with Crippen LogP contribution in [-0.2, 0) is 13.0 Å². The van der Waals surface area contributed by atoms with Crippen LogP contribution in [0.3, 0.4) is 0 Å². The Labute approximate surface area is 163 Å². The Kier molecular flexibility index (Phi) is 3.93. The van der Waals surface area contributed by atoms with E-state index < -0.39 is 0 Å². The SMILES string of the molecule is C[C@@H]1Cc2ccccc2N1C(=O)c1cnc2c(cnn2Cc2ccccc2)c1. The van der Waals surface area contributed by atoms with Crippen molar-refractivity contribution in [1.29, 1.82) is 0 Å². The number of pyridine rings is 1. The Morgan fingerprint density at radius 3 is 2.71 bits per heavy atom. The van der Waals surface area contributed by atoms with Crippen LogP contribution in [0, 0.1) is 0 Å². The zero-order valence-corrected chi connectivity index (χ0v) is 15.6. The number of hydrogen-bond donors (Lipinski definition) is 0. The molecule has 0 saturated heterocycles. The molecule has 5 rings (SSSR count). The number of fused-ring (bicyclic) bond motifs is 2. The van der Waals surface area contributed by atoms with Crippen molar-refractivity contribution >= 4 is 22.6 Å². The highest BCUT2D eigenvalue weighted by Crippen LogP contribution is 2.33. The first-order chi connectivity index (χ1) is 13.7. The predicted molar refractivity (Wildman–Crippen MR) is 109 cm³/mol. The number of hydrogen-bond acceptors (Lipinski definition) is 3. The Hall–Kier alpha value is -3.47. The number of aromatic nitrogens is 3. The van der Waals surface area contributed by atoms with Crippen molar-refractivity contribution in [3.63, 3.8) is 0 Å². The molecule has 0 saturated carbocycles. The average molecular weight is 368 g/mol. The first kappa shape index (κ1) is 16.7. The Bertz CT molecular complexity index is 1170. The fraction of sp³-hybridized carbons (Fsp3) is 0.174. The van der Waals surface area contributed by atoms with Gasteiger partial charge in [0, 0.05) is 23.3 Å². The lowest BCUT2D eigenvalue weighted by Gasteiger charge is -2.22. The molecular formula is C23H20N4O. The molecule has 0 spiro atoms. The second-order valence-corrected chi connectivity index (χ2v) is 7.28. The minimum absolute atomic E-state index is 0.0114. The van der Waals surface area contributed by atoms with Crippen LogP contribution in [0.1, 0.15) is 28.4 Å². The smallest absolute Gasteiger partial charge is 0.260 e. The van der Waals surface area contributed by atoms with Crippen molar-refractivity contribution in [2.75, 3.05) is 4.90 Å². The topological polar surface area (TPSA) is 51.0 Å². The molecule has 0 bridgehead atoms. The van der Waals surface area contributed by atoms with Crippen LogP contribution in [0.25, 0.3) is 11.0 Å². The number of para-hydroxylation sites is 1. The van der Waals surface area contributed by atoms with E-state index in [0.29, 0.717) is 12.1 Å². The molecule has 0 aliphatic carbocycles. The van der Waals surface area contributed by atoms with E-state index in [2.05, 4.69) is 35.2 Å². The lowest BCUT2D eigenvalue weighted by molar-refractivity contribution is 0.0981. The van der Waals surface area contributed by atoms with Gasteiger partial charge in [-0.05, 0) is 36.6 Å². The van der Waals surface area contributed by atoms with Gasteiger partial charge in [0.2, 0.25) is 0 Å². The molecule has 0 fully saturated rings. The fourth-order valence-electron chi connectivity index (χ4n) is 3.97. The summed E-state index contributed by atoms with van der Waals surface area (Å²) in [5.74, 6) is -0.0114. The predicted octanol–water partition coefficient (Wildman–Crippen LogP) is 4.07. The minimum atomic E-state index is -0.0114. The number of rotatable bonds is 3. The van der Waals surface area contributed by atoms with E-state index in [1.807, 2.05) is 52.0 Å². The van der Waals surface area contributed by atoms with Crippen molar-refractivity contribution in [3.05, 3.63) is 89.7 Å². The maximum absolute atomic E-state index is 13.2. The maximum atomic E-state index is 13.2. The normalized spacial score (nSPS) is 15.8. The molecule has 0 radical (unpaired) electrons.